The minimum atomic E-state index is -4.83. The number of nitrogens with zero attached hydrogens (tertiary/aromatic N) is 4. The maximum Gasteiger partial charge on any atom is 0.417 e. The van der Waals surface area contributed by atoms with E-state index in [2.05, 4.69) is 15.2 Å². The second kappa shape index (κ2) is 7.62. The molecule has 0 fully saturated rings. The summed E-state index contributed by atoms with van der Waals surface area (Å²) in [4.78, 5) is 2.95. The van der Waals surface area contributed by atoms with Gasteiger partial charge in [0.25, 0.3) is 0 Å². The van der Waals surface area contributed by atoms with Crippen LogP contribution in [0.15, 0.2) is 41.4 Å². The van der Waals surface area contributed by atoms with E-state index in [0.717, 1.165) is 18.2 Å². The van der Waals surface area contributed by atoms with Crippen LogP contribution in [0.5, 0.6) is 0 Å². The van der Waals surface area contributed by atoms with Gasteiger partial charge in [-0.05, 0) is 18.2 Å². The van der Waals surface area contributed by atoms with Crippen LogP contribution in [0.1, 0.15) is 18.1 Å². The highest BCUT2D eigenvalue weighted by Crippen LogP contribution is 2.35. The van der Waals surface area contributed by atoms with Gasteiger partial charge in [0.1, 0.15) is 5.69 Å². The van der Waals surface area contributed by atoms with E-state index in [1.54, 1.807) is 0 Å². The van der Waals surface area contributed by atoms with Crippen molar-refractivity contribution in [2.75, 3.05) is 5.75 Å². The number of rotatable bonds is 4. The quantitative estimate of drug-likeness (QED) is 0.536. The van der Waals surface area contributed by atoms with Crippen molar-refractivity contribution < 1.29 is 34.8 Å². The Morgan fingerprint density at radius 1 is 0.935 bits per heavy atom. The van der Waals surface area contributed by atoms with Gasteiger partial charge in [-0.1, -0.05) is 19.1 Å². The van der Waals surface area contributed by atoms with Gasteiger partial charge >= 0.3 is 12.4 Å². The SMILES string of the molecule is CCS(=O)(=O)c1cc(C(F)(F)F)cnc1-c1nnc(-c2cccc(C(F)(F)F)c2)n1C. The van der Waals surface area contributed by atoms with Gasteiger partial charge in [0.05, 0.1) is 21.8 Å². The number of halogens is 6. The zero-order valence-corrected chi connectivity index (χ0v) is 16.8. The van der Waals surface area contributed by atoms with E-state index < -0.39 is 44.0 Å². The summed E-state index contributed by atoms with van der Waals surface area (Å²) in [7, 11) is -2.81. The van der Waals surface area contributed by atoms with Crippen molar-refractivity contribution in [3.05, 3.63) is 47.7 Å². The van der Waals surface area contributed by atoms with Crippen molar-refractivity contribution in [3.63, 3.8) is 0 Å². The minimum Gasteiger partial charge on any atom is -0.309 e. The van der Waals surface area contributed by atoms with Crippen LogP contribution in [0.25, 0.3) is 22.9 Å². The molecule has 0 aliphatic heterocycles. The highest BCUT2D eigenvalue weighted by atomic mass is 32.2. The molecule has 0 saturated carbocycles. The highest BCUT2D eigenvalue weighted by molar-refractivity contribution is 7.91. The summed E-state index contributed by atoms with van der Waals surface area (Å²) in [5.74, 6) is -0.766. The summed E-state index contributed by atoms with van der Waals surface area (Å²) in [5, 5.41) is 7.57. The lowest BCUT2D eigenvalue weighted by molar-refractivity contribution is -0.138. The number of benzene rings is 1. The molecule has 0 N–H and O–H groups in total. The van der Waals surface area contributed by atoms with E-state index in [1.807, 2.05) is 0 Å². The molecule has 2 aromatic heterocycles. The lowest BCUT2D eigenvalue weighted by Gasteiger charge is -2.13. The van der Waals surface area contributed by atoms with Crippen LogP contribution >= 0.6 is 0 Å². The molecule has 2 heterocycles. The normalized spacial score (nSPS) is 12.9. The Morgan fingerprint density at radius 2 is 1.55 bits per heavy atom. The van der Waals surface area contributed by atoms with Crippen molar-refractivity contribution >= 4 is 9.84 Å². The number of aromatic nitrogens is 4. The summed E-state index contributed by atoms with van der Waals surface area (Å²) in [6.07, 6.45) is -8.97. The number of hydrogen-bond donors (Lipinski definition) is 0. The third kappa shape index (κ3) is 4.40. The lowest BCUT2D eigenvalue weighted by atomic mass is 10.1. The fraction of sp³-hybridized carbons (Fsp3) is 0.278. The van der Waals surface area contributed by atoms with E-state index in [-0.39, 0.29) is 22.9 Å². The Hall–Kier alpha value is -2.96. The van der Waals surface area contributed by atoms with Crippen LogP contribution in [0.3, 0.4) is 0 Å². The van der Waals surface area contributed by atoms with E-state index in [4.69, 9.17) is 0 Å². The maximum atomic E-state index is 13.1. The molecule has 0 spiro atoms. The van der Waals surface area contributed by atoms with Crippen molar-refractivity contribution in [2.45, 2.75) is 24.2 Å². The van der Waals surface area contributed by atoms with Gasteiger partial charge < -0.3 is 4.57 Å². The molecule has 3 aromatic rings. The van der Waals surface area contributed by atoms with Gasteiger partial charge in [0.2, 0.25) is 0 Å². The summed E-state index contributed by atoms with van der Waals surface area (Å²) < 4.78 is 104. The van der Waals surface area contributed by atoms with Gasteiger partial charge in [-0.3, -0.25) is 4.98 Å². The molecule has 166 valence electrons. The van der Waals surface area contributed by atoms with Crippen molar-refractivity contribution in [1.82, 2.24) is 19.7 Å². The minimum absolute atomic E-state index is 0.0304. The van der Waals surface area contributed by atoms with Gasteiger partial charge in [-0.25, -0.2) is 8.42 Å². The molecular weight excluding hydrogens is 450 g/mol. The Kier molecular flexibility index (Phi) is 5.59. The molecule has 0 saturated heterocycles. The van der Waals surface area contributed by atoms with Crippen LogP contribution in [0, 0.1) is 0 Å². The van der Waals surface area contributed by atoms with Gasteiger partial charge in [0.15, 0.2) is 21.5 Å². The standard InChI is InChI=1S/C18H14F6N4O2S/c1-3-31(29,30)13-8-12(18(22,23)24)9-25-14(13)16-27-26-15(28(16)2)10-5-4-6-11(7-10)17(19,20)21/h4-9H,3H2,1-2H3. The molecular formula is C18H14F6N4O2S. The third-order valence-electron chi connectivity index (χ3n) is 4.43. The van der Waals surface area contributed by atoms with E-state index in [9.17, 15) is 34.8 Å². The van der Waals surface area contributed by atoms with Crippen molar-refractivity contribution in [1.29, 1.82) is 0 Å². The third-order valence-corrected chi connectivity index (χ3v) is 6.17. The summed E-state index contributed by atoms with van der Waals surface area (Å²) >= 11 is 0. The summed E-state index contributed by atoms with van der Waals surface area (Å²) in [6.45, 7) is 1.25. The fourth-order valence-corrected chi connectivity index (χ4v) is 3.84. The fourth-order valence-electron chi connectivity index (χ4n) is 2.78. The number of sulfone groups is 1. The number of alkyl halides is 6. The summed E-state index contributed by atoms with van der Waals surface area (Å²) in [6, 6.07) is 4.66. The highest BCUT2D eigenvalue weighted by Gasteiger charge is 2.35. The maximum absolute atomic E-state index is 13.1. The molecule has 0 radical (unpaired) electrons. The van der Waals surface area contributed by atoms with Gasteiger partial charge in [0, 0.05) is 18.8 Å². The molecule has 0 bridgehead atoms. The molecule has 0 unspecified atom stereocenters. The predicted molar refractivity (Wildman–Crippen MR) is 97.4 cm³/mol. The Morgan fingerprint density at radius 3 is 2.13 bits per heavy atom. The largest absolute Gasteiger partial charge is 0.417 e. The van der Waals surface area contributed by atoms with Crippen molar-refractivity contribution in [3.8, 4) is 22.9 Å². The second-order valence-corrected chi connectivity index (χ2v) is 8.70. The first kappa shape index (κ1) is 22.7. The first-order valence-corrected chi connectivity index (χ1v) is 10.3. The van der Waals surface area contributed by atoms with Crippen LogP contribution in [-0.4, -0.2) is 33.9 Å². The monoisotopic (exact) mass is 464 g/mol. The molecule has 13 heteroatoms. The average Bonchev–Trinajstić information content (AvgIpc) is 3.07. The Balaban J connectivity index is 2.19. The van der Waals surface area contributed by atoms with Crippen LogP contribution in [0.4, 0.5) is 26.3 Å². The first-order valence-electron chi connectivity index (χ1n) is 8.63. The van der Waals surface area contributed by atoms with Crippen LogP contribution < -0.4 is 0 Å². The van der Waals surface area contributed by atoms with Gasteiger partial charge in [-0.2, -0.15) is 26.3 Å². The zero-order valence-electron chi connectivity index (χ0n) is 16.0. The molecule has 0 aliphatic rings. The second-order valence-electron chi connectivity index (χ2n) is 6.46. The molecule has 31 heavy (non-hydrogen) atoms. The smallest absolute Gasteiger partial charge is 0.309 e. The Bertz CT molecular complexity index is 1230. The first-order chi connectivity index (χ1) is 14.3. The topological polar surface area (TPSA) is 77.7 Å². The molecule has 0 aliphatic carbocycles. The predicted octanol–water partition coefficient (Wildman–Crippen LogP) is 4.38. The molecule has 0 atom stereocenters. The molecule has 6 nitrogen and oxygen atoms in total. The number of pyridine rings is 1. The van der Waals surface area contributed by atoms with Crippen LogP contribution in [0.2, 0.25) is 0 Å². The Labute approximate surface area is 172 Å². The molecule has 1 aromatic carbocycles. The van der Waals surface area contributed by atoms with Gasteiger partial charge in [-0.15, -0.1) is 10.2 Å². The summed E-state index contributed by atoms with van der Waals surface area (Å²) in [5.41, 5.74) is -2.55. The van der Waals surface area contributed by atoms with E-state index in [0.29, 0.717) is 12.3 Å². The van der Waals surface area contributed by atoms with E-state index >= 15 is 0 Å². The average molecular weight is 464 g/mol. The van der Waals surface area contributed by atoms with Crippen molar-refractivity contribution in [2.24, 2.45) is 7.05 Å². The van der Waals surface area contributed by atoms with Crippen LogP contribution in [-0.2, 0) is 29.2 Å². The lowest BCUT2D eigenvalue weighted by Crippen LogP contribution is -2.13. The zero-order chi connectivity index (χ0) is 23.2. The van der Waals surface area contributed by atoms with E-state index in [1.165, 1.54) is 24.6 Å². The molecule has 3 rings (SSSR count). The number of hydrogen-bond acceptors (Lipinski definition) is 5. The molecule has 0 amide bonds.